The summed E-state index contributed by atoms with van der Waals surface area (Å²) >= 11 is 7.04. The van der Waals surface area contributed by atoms with Crippen LogP contribution in [-0.2, 0) is 11.3 Å². The number of rotatable bonds is 17. The fourth-order valence-corrected chi connectivity index (χ4v) is 6.37. The van der Waals surface area contributed by atoms with Crippen molar-refractivity contribution in [2.45, 2.75) is 84.2 Å². The van der Waals surface area contributed by atoms with E-state index < -0.39 is 0 Å². The van der Waals surface area contributed by atoms with Gasteiger partial charge in [-0.2, -0.15) is 0 Å². The van der Waals surface area contributed by atoms with Gasteiger partial charge in [-0.05, 0) is 99.0 Å². The van der Waals surface area contributed by atoms with Gasteiger partial charge in [0.15, 0.2) is 0 Å². The third kappa shape index (κ3) is 13.6. The molecule has 0 unspecified atom stereocenters. The number of hydrogen-bond donors (Lipinski definition) is 2. The van der Waals surface area contributed by atoms with Gasteiger partial charge in [-0.15, -0.1) is 0 Å². The predicted molar refractivity (Wildman–Crippen MR) is 203 cm³/mol. The van der Waals surface area contributed by atoms with Crippen molar-refractivity contribution in [3.63, 3.8) is 0 Å². The lowest BCUT2D eigenvalue weighted by atomic mass is 9.83. The summed E-state index contributed by atoms with van der Waals surface area (Å²) in [6, 6.07) is 18.0. The summed E-state index contributed by atoms with van der Waals surface area (Å²) in [5.74, 6) is 1.86. The van der Waals surface area contributed by atoms with E-state index in [1.54, 1.807) is 0 Å². The smallest absolute Gasteiger partial charge is 0.0945 e. The number of aromatic nitrogens is 2. The first-order valence-corrected chi connectivity index (χ1v) is 18.6. The van der Waals surface area contributed by atoms with Crippen LogP contribution >= 0.6 is 31.9 Å². The molecule has 1 aliphatic rings. The maximum Gasteiger partial charge on any atom is 0.0945 e. The summed E-state index contributed by atoms with van der Waals surface area (Å²) in [5.41, 5.74) is 5.38. The quantitative estimate of drug-likeness (QED) is 0.106. The summed E-state index contributed by atoms with van der Waals surface area (Å²) in [5, 5.41) is 7.27. The number of hydrogen-bond acceptors (Lipinski definition) is 4. The Morgan fingerprint density at radius 3 is 1.83 bits per heavy atom. The molecule has 1 aromatic heterocycles. The lowest BCUT2D eigenvalue weighted by molar-refractivity contribution is 0.0779. The van der Waals surface area contributed by atoms with E-state index in [2.05, 4.69) is 141 Å². The van der Waals surface area contributed by atoms with Crippen LogP contribution < -0.4 is 10.6 Å². The largest absolute Gasteiger partial charge is 0.381 e. The predicted octanol–water partition coefficient (Wildman–Crippen LogP) is 9.91. The Hall–Kier alpha value is -2.03. The molecule has 2 N–H and O–H groups in total. The molecule has 1 fully saturated rings. The van der Waals surface area contributed by atoms with Crippen LogP contribution in [0.5, 0.6) is 0 Å². The second kappa shape index (κ2) is 21.0. The van der Waals surface area contributed by atoms with Crippen LogP contribution in [0.2, 0.25) is 0 Å². The van der Waals surface area contributed by atoms with Gasteiger partial charge in [-0.3, -0.25) is 0 Å². The minimum absolute atomic E-state index is 0.416. The number of benzene rings is 2. The van der Waals surface area contributed by atoms with Gasteiger partial charge >= 0.3 is 0 Å². The number of halogens is 2. The van der Waals surface area contributed by atoms with E-state index in [-0.39, 0.29) is 0 Å². The Balaban J connectivity index is 0.000000251. The van der Waals surface area contributed by atoms with Crippen LogP contribution in [0.15, 0.2) is 101 Å². The molecule has 3 aromatic rings. The van der Waals surface area contributed by atoms with E-state index in [9.17, 15) is 0 Å². The third-order valence-electron chi connectivity index (χ3n) is 8.95. The van der Waals surface area contributed by atoms with Crippen LogP contribution in [0.3, 0.4) is 0 Å². The van der Waals surface area contributed by atoms with Gasteiger partial charge in [0.1, 0.15) is 0 Å². The minimum Gasteiger partial charge on any atom is -0.381 e. The molecule has 0 amide bonds. The van der Waals surface area contributed by atoms with Crippen LogP contribution in [0.25, 0.3) is 0 Å². The molecule has 0 spiro atoms. The van der Waals surface area contributed by atoms with E-state index >= 15 is 0 Å². The van der Waals surface area contributed by atoms with Crippen LogP contribution in [-0.4, -0.2) is 48.4 Å². The van der Waals surface area contributed by atoms with Gasteiger partial charge in [0.25, 0.3) is 0 Å². The first kappa shape index (κ1) is 38.4. The number of allylic oxidation sites excluding steroid dienone is 2. The molecule has 0 radical (unpaired) electrons. The maximum absolute atomic E-state index is 5.42. The number of ether oxygens (including phenoxy) is 1. The molecule has 1 saturated heterocycles. The van der Waals surface area contributed by atoms with Crippen molar-refractivity contribution in [3.05, 3.63) is 112 Å². The second-order valence-corrected chi connectivity index (χ2v) is 14.8. The van der Waals surface area contributed by atoms with Gasteiger partial charge in [0.05, 0.1) is 6.33 Å². The summed E-state index contributed by atoms with van der Waals surface area (Å²) in [4.78, 5) is 4.07. The number of aryl methyl sites for hydroxylation is 1. The molecule has 5 nitrogen and oxygen atoms in total. The fraction of sp³-hybridized carbons (Fsp3) is 0.513. The highest BCUT2D eigenvalue weighted by Crippen LogP contribution is 2.33. The van der Waals surface area contributed by atoms with Crippen molar-refractivity contribution in [1.82, 2.24) is 20.2 Å². The number of imidazole rings is 1. The Labute approximate surface area is 296 Å². The van der Waals surface area contributed by atoms with Gasteiger partial charge in [-0.25, -0.2) is 4.98 Å². The molecule has 1 aliphatic heterocycles. The minimum atomic E-state index is 0.416. The van der Waals surface area contributed by atoms with E-state index in [0.29, 0.717) is 29.7 Å². The van der Waals surface area contributed by atoms with Crippen molar-refractivity contribution >= 4 is 31.9 Å². The average Bonchev–Trinajstić information content (AvgIpc) is 3.58. The zero-order valence-electron chi connectivity index (χ0n) is 28.5. The van der Waals surface area contributed by atoms with E-state index in [1.807, 2.05) is 18.7 Å². The maximum atomic E-state index is 5.42. The molecule has 2 atom stereocenters. The summed E-state index contributed by atoms with van der Waals surface area (Å²) in [7, 11) is 0. The topological polar surface area (TPSA) is 51.1 Å². The van der Waals surface area contributed by atoms with Gasteiger partial charge < -0.3 is 19.9 Å². The Morgan fingerprint density at radius 1 is 0.826 bits per heavy atom. The molecule has 46 heavy (non-hydrogen) atoms. The highest BCUT2D eigenvalue weighted by atomic mass is 79.9. The van der Waals surface area contributed by atoms with E-state index in [1.165, 1.54) is 22.3 Å². The molecule has 252 valence electrons. The van der Waals surface area contributed by atoms with Crippen LogP contribution in [0, 0.1) is 11.8 Å². The Kier molecular flexibility index (Phi) is 17.6. The lowest BCUT2D eigenvalue weighted by Gasteiger charge is -2.26. The molecule has 4 rings (SSSR count). The highest BCUT2D eigenvalue weighted by Gasteiger charge is 2.20. The van der Waals surface area contributed by atoms with Crippen molar-refractivity contribution in [2.24, 2.45) is 11.8 Å². The average molecular weight is 757 g/mol. The lowest BCUT2D eigenvalue weighted by Crippen LogP contribution is -2.35. The molecule has 7 heteroatoms. The standard InChI is InChI=1S/C20H28BrN3.C19H28BrNO/c1-16(2)17(3)20(18-5-7-19(21)8-6-18)9-11-22-10-4-13-24-14-12-23-15-24;1-14(2)15(3)19(16-4-6-17(20)7-5-16)8-11-21-18-9-12-22-13-10-18/h5-8,12,14-16,20,22H,3-4,9-11,13H2,1-2H3;4-7,14,18-19,21H,3,8-13H2,1-2H3/t20-;19-/m00/s1. The number of nitrogens with one attached hydrogen (secondary N) is 2. The molecule has 0 bridgehead atoms. The molecule has 2 heterocycles. The van der Waals surface area contributed by atoms with Gasteiger partial charge in [0.2, 0.25) is 0 Å². The monoisotopic (exact) mass is 754 g/mol. The van der Waals surface area contributed by atoms with Crippen molar-refractivity contribution in [3.8, 4) is 0 Å². The molecule has 0 saturated carbocycles. The van der Waals surface area contributed by atoms with Gasteiger partial charge in [0, 0.05) is 59.0 Å². The molecule has 0 aliphatic carbocycles. The van der Waals surface area contributed by atoms with Crippen LogP contribution in [0.1, 0.15) is 82.8 Å². The third-order valence-corrected chi connectivity index (χ3v) is 10.0. The zero-order valence-corrected chi connectivity index (χ0v) is 31.7. The van der Waals surface area contributed by atoms with Gasteiger partial charge in [-0.1, -0.05) is 108 Å². The first-order chi connectivity index (χ1) is 22.2. The SMILES string of the molecule is C=C(C(C)C)[C@H](CCNC1CCOCC1)c1ccc(Br)cc1.C=C(C(C)C)[C@H](CCNCCCn1ccnc1)c1ccc(Br)cc1. The van der Waals surface area contributed by atoms with E-state index in [0.717, 1.165) is 80.4 Å². The van der Waals surface area contributed by atoms with Crippen molar-refractivity contribution < 1.29 is 4.74 Å². The van der Waals surface area contributed by atoms with E-state index in [4.69, 9.17) is 4.74 Å². The van der Waals surface area contributed by atoms with Crippen molar-refractivity contribution in [1.29, 1.82) is 0 Å². The number of nitrogens with zero attached hydrogens (tertiary/aromatic N) is 2. The normalized spacial score (nSPS) is 15.0. The Bertz CT molecular complexity index is 1270. The summed E-state index contributed by atoms with van der Waals surface area (Å²) in [6.45, 7) is 23.5. The molecule has 2 aromatic carbocycles. The second-order valence-electron chi connectivity index (χ2n) is 13.0. The first-order valence-electron chi connectivity index (χ1n) is 17.0. The highest BCUT2D eigenvalue weighted by molar-refractivity contribution is 9.10. The summed E-state index contributed by atoms with van der Waals surface area (Å²) in [6.07, 6.45) is 11.3. The molecular weight excluding hydrogens is 700 g/mol. The molecular formula is C39H56Br2N4O. The fourth-order valence-electron chi connectivity index (χ4n) is 5.84. The summed E-state index contributed by atoms with van der Waals surface area (Å²) < 4.78 is 9.79. The van der Waals surface area contributed by atoms with Crippen molar-refractivity contribution in [2.75, 3.05) is 32.8 Å². The Morgan fingerprint density at radius 2 is 1.35 bits per heavy atom. The van der Waals surface area contributed by atoms with Crippen LogP contribution in [0.4, 0.5) is 0 Å². The zero-order chi connectivity index (χ0) is 33.3.